The van der Waals surface area contributed by atoms with Gasteiger partial charge in [0, 0.05) is 28.6 Å². The fourth-order valence-electron chi connectivity index (χ4n) is 3.51. The van der Waals surface area contributed by atoms with E-state index in [1.807, 2.05) is 11.8 Å². The molecule has 1 aliphatic heterocycles. The first-order chi connectivity index (χ1) is 13.7. The van der Waals surface area contributed by atoms with Crippen molar-refractivity contribution in [2.45, 2.75) is 56.2 Å². The van der Waals surface area contributed by atoms with E-state index in [-0.39, 0.29) is 0 Å². The molecule has 0 bridgehead atoms. The van der Waals surface area contributed by atoms with Crippen LogP contribution in [-0.2, 0) is 0 Å². The molecule has 0 fully saturated rings. The van der Waals surface area contributed by atoms with Gasteiger partial charge in [-0.15, -0.1) is 0 Å². The number of rotatable bonds is 10. The minimum Gasteiger partial charge on any atom is -0.372 e. The maximum atomic E-state index is 4.90. The Labute approximate surface area is 174 Å². The number of fused-ring (bicyclic) bond motifs is 2. The van der Waals surface area contributed by atoms with Crippen LogP contribution in [0.1, 0.15) is 46.5 Å². The molecule has 0 atom stereocenters. The predicted octanol–water partition coefficient (Wildman–Crippen LogP) is 4.90. The highest BCUT2D eigenvalue weighted by molar-refractivity contribution is 7.99. The van der Waals surface area contributed by atoms with Gasteiger partial charge in [-0.25, -0.2) is 4.99 Å². The zero-order valence-electron chi connectivity index (χ0n) is 17.5. The van der Waals surface area contributed by atoms with Crippen LogP contribution in [0.5, 0.6) is 0 Å². The maximum Gasteiger partial charge on any atom is 0.0778 e. The molecular weight excluding hydrogens is 362 g/mol. The molecule has 0 radical (unpaired) electrons. The topological polar surface area (TPSA) is 27.6 Å². The molecular formula is C24H33N3S. The van der Waals surface area contributed by atoms with Gasteiger partial charge in [0.05, 0.1) is 11.0 Å². The molecule has 1 aliphatic rings. The number of nitrogens with zero attached hydrogens (tertiary/aromatic N) is 2. The molecule has 3 nitrogen and oxygen atoms in total. The lowest BCUT2D eigenvalue weighted by Crippen LogP contribution is -2.24. The highest BCUT2D eigenvalue weighted by Crippen LogP contribution is 2.38. The van der Waals surface area contributed by atoms with Gasteiger partial charge in [-0.05, 0) is 74.3 Å². The number of hydrogen-bond acceptors (Lipinski definition) is 4. The van der Waals surface area contributed by atoms with Crippen molar-refractivity contribution in [3.8, 4) is 0 Å². The summed E-state index contributed by atoms with van der Waals surface area (Å²) >= 11 is 1.86. The van der Waals surface area contributed by atoms with Gasteiger partial charge in [0.1, 0.15) is 0 Å². The van der Waals surface area contributed by atoms with Crippen LogP contribution < -0.4 is 20.8 Å². The van der Waals surface area contributed by atoms with E-state index in [0.717, 1.165) is 43.6 Å². The van der Waals surface area contributed by atoms with Crippen LogP contribution in [0.15, 0.2) is 51.2 Å². The van der Waals surface area contributed by atoms with E-state index in [4.69, 9.17) is 4.99 Å². The Balaban J connectivity index is 1.80. The molecule has 1 N–H and O–H groups in total. The normalized spacial score (nSPS) is 13.0. The SMILES string of the molecule is CCCNCCC=c1ccc2c(c1)Sc1cc(N(CCC)CCC)ccc1N=2. The Hall–Kier alpha value is -1.78. The largest absolute Gasteiger partial charge is 0.372 e. The summed E-state index contributed by atoms with van der Waals surface area (Å²) in [6, 6.07) is 13.4. The average Bonchev–Trinajstić information content (AvgIpc) is 2.71. The molecule has 0 spiro atoms. The molecule has 0 unspecified atom stereocenters. The standard InChI is InChI=1S/C24H33N3S/c1-4-13-25-14-7-8-19-9-11-21-23(17-19)28-24-18-20(10-12-22(24)26-21)27(15-5-2)16-6-3/h8-12,17-18,25H,4-7,13-16H2,1-3H3. The summed E-state index contributed by atoms with van der Waals surface area (Å²) in [4.78, 5) is 9.92. The van der Waals surface area contributed by atoms with Gasteiger partial charge < -0.3 is 10.2 Å². The second-order valence-electron chi connectivity index (χ2n) is 7.32. The van der Waals surface area contributed by atoms with E-state index >= 15 is 0 Å². The lowest BCUT2D eigenvalue weighted by Gasteiger charge is -2.25. The van der Waals surface area contributed by atoms with Crippen molar-refractivity contribution in [2.75, 3.05) is 31.1 Å². The Kier molecular flexibility index (Phi) is 7.99. The average molecular weight is 396 g/mol. The van der Waals surface area contributed by atoms with Crippen molar-refractivity contribution in [1.82, 2.24) is 5.32 Å². The Bertz CT molecular complexity index is 885. The zero-order valence-corrected chi connectivity index (χ0v) is 18.3. The summed E-state index contributed by atoms with van der Waals surface area (Å²) in [5.74, 6) is 0. The van der Waals surface area contributed by atoms with Crippen LogP contribution in [0.25, 0.3) is 6.08 Å². The second-order valence-corrected chi connectivity index (χ2v) is 8.41. The molecule has 1 heterocycles. The van der Waals surface area contributed by atoms with Crippen LogP contribution in [0, 0.1) is 0 Å². The van der Waals surface area contributed by atoms with Gasteiger partial charge in [0.25, 0.3) is 0 Å². The minimum absolute atomic E-state index is 1.04. The highest BCUT2D eigenvalue weighted by Gasteiger charge is 2.14. The molecule has 0 saturated carbocycles. The first-order valence-corrected chi connectivity index (χ1v) is 11.5. The molecule has 4 heteroatoms. The molecule has 2 aromatic rings. The summed E-state index contributed by atoms with van der Waals surface area (Å²) < 4.78 is 0. The van der Waals surface area contributed by atoms with Crippen molar-refractivity contribution in [1.29, 1.82) is 0 Å². The summed E-state index contributed by atoms with van der Waals surface area (Å²) in [7, 11) is 0. The fraction of sp³-hybridized carbons (Fsp3) is 0.458. The lowest BCUT2D eigenvalue weighted by atomic mass is 10.2. The molecule has 0 amide bonds. The van der Waals surface area contributed by atoms with Gasteiger partial charge >= 0.3 is 0 Å². The Morgan fingerprint density at radius 1 is 0.929 bits per heavy atom. The van der Waals surface area contributed by atoms with E-state index in [2.05, 4.69) is 73.5 Å². The van der Waals surface area contributed by atoms with Gasteiger partial charge in [0.2, 0.25) is 0 Å². The van der Waals surface area contributed by atoms with E-state index < -0.39 is 0 Å². The predicted molar refractivity (Wildman–Crippen MR) is 122 cm³/mol. The Morgan fingerprint density at radius 3 is 2.50 bits per heavy atom. The summed E-state index contributed by atoms with van der Waals surface area (Å²) in [5, 5.41) is 5.84. The first kappa shape index (κ1) is 20.9. The second kappa shape index (κ2) is 10.7. The van der Waals surface area contributed by atoms with E-state index in [0.29, 0.717) is 0 Å². The maximum absolute atomic E-state index is 4.90. The van der Waals surface area contributed by atoms with Crippen molar-refractivity contribution >= 4 is 29.2 Å². The molecule has 3 rings (SSSR count). The van der Waals surface area contributed by atoms with Crippen LogP contribution >= 0.6 is 11.8 Å². The van der Waals surface area contributed by atoms with E-state index in [9.17, 15) is 0 Å². The zero-order chi connectivity index (χ0) is 19.8. The summed E-state index contributed by atoms with van der Waals surface area (Å²) in [6.45, 7) is 11.0. The van der Waals surface area contributed by atoms with Crippen molar-refractivity contribution in [3.63, 3.8) is 0 Å². The summed E-state index contributed by atoms with van der Waals surface area (Å²) in [5.41, 5.74) is 2.41. The fourth-order valence-corrected chi connectivity index (χ4v) is 4.55. The van der Waals surface area contributed by atoms with Gasteiger partial charge in [-0.3, -0.25) is 0 Å². The number of benzene rings is 2. The highest BCUT2D eigenvalue weighted by atomic mass is 32.2. The smallest absolute Gasteiger partial charge is 0.0778 e. The van der Waals surface area contributed by atoms with Crippen LogP contribution in [0.4, 0.5) is 11.4 Å². The molecule has 0 saturated heterocycles. The first-order valence-electron chi connectivity index (χ1n) is 10.7. The monoisotopic (exact) mass is 395 g/mol. The lowest BCUT2D eigenvalue weighted by molar-refractivity contribution is 0.685. The third kappa shape index (κ3) is 5.39. The van der Waals surface area contributed by atoms with Gasteiger partial charge in [-0.1, -0.05) is 44.7 Å². The van der Waals surface area contributed by atoms with Gasteiger partial charge in [0.15, 0.2) is 0 Å². The molecule has 28 heavy (non-hydrogen) atoms. The third-order valence-corrected chi connectivity index (χ3v) is 5.96. The van der Waals surface area contributed by atoms with Gasteiger partial charge in [-0.2, -0.15) is 0 Å². The molecule has 2 aromatic carbocycles. The third-order valence-electron chi connectivity index (χ3n) is 4.87. The van der Waals surface area contributed by atoms with E-state index in [1.54, 1.807) is 0 Å². The van der Waals surface area contributed by atoms with E-state index in [1.165, 1.54) is 40.0 Å². The number of anilines is 1. The number of hydrogen-bond donors (Lipinski definition) is 1. The summed E-state index contributed by atoms with van der Waals surface area (Å²) in [6.07, 6.45) is 6.91. The molecule has 0 aromatic heterocycles. The molecule has 0 aliphatic carbocycles. The van der Waals surface area contributed by atoms with Crippen LogP contribution in [0.3, 0.4) is 0 Å². The van der Waals surface area contributed by atoms with Crippen LogP contribution in [-0.4, -0.2) is 26.2 Å². The quantitative estimate of drug-likeness (QED) is 0.495. The Morgan fingerprint density at radius 2 is 1.75 bits per heavy atom. The van der Waals surface area contributed by atoms with Crippen molar-refractivity contribution in [2.24, 2.45) is 4.99 Å². The van der Waals surface area contributed by atoms with Crippen molar-refractivity contribution < 1.29 is 0 Å². The van der Waals surface area contributed by atoms with Crippen molar-refractivity contribution in [3.05, 3.63) is 47.0 Å². The van der Waals surface area contributed by atoms with Crippen LogP contribution in [0.2, 0.25) is 0 Å². The molecule has 150 valence electrons. The number of nitrogens with one attached hydrogen (secondary N) is 1. The minimum atomic E-state index is 1.04.